The highest BCUT2D eigenvalue weighted by Crippen LogP contribution is 2.52. The quantitative estimate of drug-likeness (QED) is 0.671. The van der Waals surface area contributed by atoms with Crippen LogP contribution in [-0.2, 0) is 9.59 Å². The number of carbonyl (C=O) groups excluding carboxylic acids is 2. The summed E-state index contributed by atoms with van der Waals surface area (Å²) in [6.45, 7) is 7.95. The second-order valence-electron chi connectivity index (χ2n) is 6.37. The van der Waals surface area contributed by atoms with E-state index >= 15 is 0 Å². The lowest BCUT2D eigenvalue weighted by atomic mass is 9.53. The molecule has 0 spiro atoms. The van der Waals surface area contributed by atoms with Crippen molar-refractivity contribution in [2.24, 2.45) is 17.3 Å². The van der Waals surface area contributed by atoms with Gasteiger partial charge in [-0.25, -0.2) is 0 Å². The van der Waals surface area contributed by atoms with Crippen molar-refractivity contribution >= 4 is 11.6 Å². The van der Waals surface area contributed by atoms with Gasteiger partial charge in [0.15, 0.2) is 5.78 Å². The van der Waals surface area contributed by atoms with Gasteiger partial charge in [-0.3, -0.25) is 9.59 Å². The Kier molecular flexibility index (Phi) is 3.22. The molecular formula is C15H22O3. The Bertz CT molecular complexity index is 431. The maximum absolute atomic E-state index is 12.1. The van der Waals surface area contributed by atoms with Gasteiger partial charge in [0.2, 0.25) is 0 Å². The molecule has 0 aliphatic heterocycles. The standard InChI is InChI=1S/C15H22O3/c1-8(2)10-7-15(4)9(3)12(16)6-14(18)11(15)5-13(10)17/h9,11-12,16H,5-7H2,1-4H3. The Morgan fingerprint density at radius 1 is 1.28 bits per heavy atom. The molecule has 2 aliphatic carbocycles. The SMILES string of the molecule is CC(C)=C1CC2(C)C(CC1=O)C(=O)CC(O)C2C. The maximum Gasteiger partial charge on any atom is 0.159 e. The van der Waals surface area contributed by atoms with Crippen LogP contribution in [0.2, 0.25) is 0 Å². The molecule has 0 aromatic heterocycles. The summed E-state index contributed by atoms with van der Waals surface area (Å²) in [7, 11) is 0. The molecule has 0 radical (unpaired) electrons. The molecule has 0 saturated heterocycles. The zero-order valence-corrected chi connectivity index (χ0v) is 11.6. The van der Waals surface area contributed by atoms with Crippen molar-refractivity contribution in [1.29, 1.82) is 0 Å². The topological polar surface area (TPSA) is 54.4 Å². The third-order valence-corrected chi connectivity index (χ3v) is 5.10. The Morgan fingerprint density at radius 3 is 2.44 bits per heavy atom. The number of fused-ring (bicyclic) bond motifs is 1. The molecule has 100 valence electrons. The third-order valence-electron chi connectivity index (χ3n) is 5.10. The van der Waals surface area contributed by atoms with Crippen molar-refractivity contribution in [1.82, 2.24) is 0 Å². The monoisotopic (exact) mass is 250 g/mol. The number of ketones is 2. The largest absolute Gasteiger partial charge is 0.392 e. The molecule has 3 heteroatoms. The lowest BCUT2D eigenvalue weighted by Crippen LogP contribution is -2.53. The molecule has 0 aromatic carbocycles. The first-order chi connectivity index (χ1) is 8.27. The van der Waals surface area contributed by atoms with Crippen LogP contribution in [0, 0.1) is 17.3 Å². The van der Waals surface area contributed by atoms with Crippen LogP contribution in [0.5, 0.6) is 0 Å². The highest BCUT2D eigenvalue weighted by atomic mass is 16.3. The first kappa shape index (κ1) is 13.5. The van der Waals surface area contributed by atoms with Crippen molar-refractivity contribution in [2.45, 2.75) is 53.1 Å². The van der Waals surface area contributed by atoms with Crippen LogP contribution >= 0.6 is 0 Å². The van der Waals surface area contributed by atoms with Gasteiger partial charge in [0.25, 0.3) is 0 Å². The zero-order valence-electron chi connectivity index (χ0n) is 11.6. The first-order valence-corrected chi connectivity index (χ1v) is 6.67. The number of carbonyl (C=O) groups is 2. The van der Waals surface area contributed by atoms with Gasteiger partial charge in [-0.1, -0.05) is 19.4 Å². The summed E-state index contributed by atoms with van der Waals surface area (Å²) in [6.07, 6.45) is 0.597. The van der Waals surface area contributed by atoms with Crippen molar-refractivity contribution < 1.29 is 14.7 Å². The Balaban J connectivity index is 2.43. The van der Waals surface area contributed by atoms with E-state index in [1.165, 1.54) is 0 Å². The van der Waals surface area contributed by atoms with E-state index < -0.39 is 6.10 Å². The van der Waals surface area contributed by atoms with Crippen molar-refractivity contribution in [3.05, 3.63) is 11.1 Å². The van der Waals surface area contributed by atoms with Gasteiger partial charge in [-0.15, -0.1) is 0 Å². The molecule has 2 rings (SSSR count). The van der Waals surface area contributed by atoms with E-state index in [-0.39, 0.29) is 35.2 Å². The van der Waals surface area contributed by atoms with Crippen LogP contribution < -0.4 is 0 Å². The van der Waals surface area contributed by atoms with E-state index in [0.29, 0.717) is 12.8 Å². The van der Waals surface area contributed by atoms with E-state index in [2.05, 4.69) is 6.92 Å². The number of aliphatic hydroxyl groups excluding tert-OH is 1. The first-order valence-electron chi connectivity index (χ1n) is 6.67. The number of Topliss-reactive ketones (excluding diaryl/α,β-unsaturated/α-hetero) is 2. The smallest absolute Gasteiger partial charge is 0.159 e. The summed E-state index contributed by atoms with van der Waals surface area (Å²) in [6, 6.07) is 0. The van der Waals surface area contributed by atoms with Gasteiger partial charge in [0.05, 0.1) is 6.10 Å². The molecule has 2 fully saturated rings. The summed E-state index contributed by atoms with van der Waals surface area (Å²) < 4.78 is 0. The lowest BCUT2D eigenvalue weighted by Gasteiger charge is -2.50. The molecule has 4 unspecified atom stereocenters. The molecule has 0 amide bonds. The van der Waals surface area contributed by atoms with Crippen LogP contribution in [0.1, 0.15) is 47.0 Å². The highest BCUT2D eigenvalue weighted by Gasteiger charge is 2.53. The van der Waals surface area contributed by atoms with E-state index in [0.717, 1.165) is 11.1 Å². The van der Waals surface area contributed by atoms with E-state index in [1.54, 1.807) is 0 Å². The normalized spacial score (nSPS) is 40.7. The van der Waals surface area contributed by atoms with Gasteiger partial charge in [0, 0.05) is 18.8 Å². The maximum atomic E-state index is 12.1. The minimum atomic E-state index is -0.564. The molecule has 3 nitrogen and oxygen atoms in total. The molecule has 1 N–H and O–H groups in total. The second-order valence-corrected chi connectivity index (χ2v) is 6.37. The molecule has 18 heavy (non-hydrogen) atoms. The molecule has 4 atom stereocenters. The minimum absolute atomic E-state index is 0.0580. The van der Waals surface area contributed by atoms with Gasteiger partial charge >= 0.3 is 0 Å². The Hall–Kier alpha value is -0.960. The van der Waals surface area contributed by atoms with Crippen molar-refractivity contribution in [3.63, 3.8) is 0 Å². The second kappa shape index (κ2) is 4.30. The minimum Gasteiger partial charge on any atom is -0.392 e. The lowest BCUT2D eigenvalue weighted by molar-refractivity contribution is -0.148. The zero-order chi connectivity index (χ0) is 13.7. The Morgan fingerprint density at radius 2 is 1.89 bits per heavy atom. The van der Waals surface area contributed by atoms with Gasteiger partial charge in [0.1, 0.15) is 5.78 Å². The fourth-order valence-corrected chi connectivity index (χ4v) is 3.52. The Labute approximate surface area is 108 Å². The molecule has 2 saturated carbocycles. The summed E-state index contributed by atoms with van der Waals surface area (Å²) in [4.78, 5) is 24.2. The number of aliphatic hydroxyl groups is 1. The summed E-state index contributed by atoms with van der Waals surface area (Å²) >= 11 is 0. The molecule has 2 aliphatic rings. The van der Waals surface area contributed by atoms with E-state index in [9.17, 15) is 14.7 Å². The summed E-state index contributed by atoms with van der Waals surface area (Å²) in [5, 5.41) is 10.0. The van der Waals surface area contributed by atoms with E-state index in [1.807, 2.05) is 20.8 Å². The van der Waals surface area contributed by atoms with Crippen molar-refractivity contribution in [3.8, 4) is 0 Å². The van der Waals surface area contributed by atoms with E-state index in [4.69, 9.17) is 0 Å². The molecule has 0 bridgehead atoms. The van der Waals surface area contributed by atoms with Crippen LogP contribution in [0.3, 0.4) is 0 Å². The number of hydrogen-bond acceptors (Lipinski definition) is 3. The summed E-state index contributed by atoms with van der Waals surface area (Å²) in [5.41, 5.74) is 1.64. The third kappa shape index (κ3) is 1.85. The van der Waals surface area contributed by atoms with Crippen molar-refractivity contribution in [2.75, 3.05) is 0 Å². The average Bonchev–Trinajstić information content (AvgIpc) is 2.28. The molecule has 0 aromatic rings. The van der Waals surface area contributed by atoms with Gasteiger partial charge in [-0.2, -0.15) is 0 Å². The van der Waals surface area contributed by atoms with Crippen LogP contribution in [0.25, 0.3) is 0 Å². The molecule has 0 heterocycles. The van der Waals surface area contributed by atoms with Crippen LogP contribution in [0.15, 0.2) is 11.1 Å². The predicted octanol–water partition coefficient (Wildman–Crippen LogP) is 2.28. The van der Waals surface area contributed by atoms with Crippen LogP contribution in [-0.4, -0.2) is 22.8 Å². The molecular weight excluding hydrogens is 228 g/mol. The fraction of sp³-hybridized carbons (Fsp3) is 0.733. The van der Waals surface area contributed by atoms with Crippen LogP contribution in [0.4, 0.5) is 0 Å². The van der Waals surface area contributed by atoms with Gasteiger partial charge < -0.3 is 5.11 Å². The number of allylic oxidation sites excluding steroid dienone is 2. The van der Waals surface area contributed by atoms with Gasteiger partial charge in [-0.05, 0) is 37.2 Å². The fourth-order valence-electron chi connectivity index (χ4n) is 3.52. The number of hydrogen-bond donors (Lipinski definition) is 1. The summed E-state index contributed by atoms with van der Waals surface area (Å²) in [5.74, 6) is 0.0350. The number of rotatable bonds is 0. The average molecular weight is 250 g/mol. The predicted molar refractivity (Wildman–Crippen MR) is 69.0 cm³/mol. The highest BCUT2D eigenvalue weighted by molar-refractivity contribution is 6.01.